The van der Waals surface area contributed by atoms with Gasteiger partial charge >= 0.3 is 0 Å². The number of carbonyl (C=O) groups is 1. The molecule has 5 nitrogen and oxygen atoms in total. The van der Waals surface area contributed by atoms with E-state index in [0.29, 0.717) is 33.9 Å². The second-order valence-corrected chi connectivity index (χ2v) is 8.08. The SMILES string of the molecule is CCCOc1ccc(/C=C2\SC(=S)N(n3c(C)ccc3C)C2=O)cc1OCC. The van der Waals surface area contributed by atoms with Gasteiger partial charge < -0.3 is 9.47 Å². The van der Waals surface area contributed by atoms with Crippen LogP contribution < -0.4 is 14.5 Å². The fourth-order valence-corrected chi connectivity index (χ4v) is 4.22. The Hall–Kier alpha value is -2.25. The molecule has 0 spiro atoms. The van der Waals surface area contributed by atoms with E-state index >= 15 is 0 Å². The lowest BCUT2D eigenvalue weighted by Crippen LogP contribution is -2.39. The molecule has 1 aromatic heterocycles. The Kier molecular flexibility index (Phi) is 6.46. The van der Waals surface area contributed by atoms with Gasteiger partial charge in [0.25, 0.3) is 5.91 Å². The number of carbonyl (C=O) groups excluding carboxylic acids is 1. The number of aromatic nitrogens is 1. The number of benzene rings is 1. The number of rotatable bonds is 7. The summed E-state index contributed by atoms with van der Waals surface area (Å²) in [5, 5.41) is 1.55. The highest BCUT2D eigenvalue weighted by Gasteiger charge is 2.34. The molecule has 2 aromatic rings. The Labute approximate surface area is 175 Å². The van der Waals surface area contributed by atoms with Crippen molar-refractivity contribution in [1.82, 2.24) is 4.68 Å². The first kappa shape index (κ1) is 20.5. The molecule has 1 amide bonds. The molecular weight excluding hydrogens is 392 g/mol. The van der Waals surface area contributed by atoms with Gasteiger partial charge in [-0.2, -0.15) is 5.01 Å². The van der Waals surface area contributed by atoms with Gasteiger partial charge in [-0.25, -0.2) is 0 Å². The van der Waals surface area contributed by atoms with E-state index in [1.54, 1.807) is 5.01 Å². The van der Waals surface area contributed by atoms with Crippen molar-refractivity contribution in [2.75, 3.05) is 18.2 Å². The van der Waals surface area contributed by atoms with Crippen LogP contribution in [-0.4, -0.2) is 28.1 Å². The number of ether oxygens (including phenoxy) is 2. The highest BCUT2D eigenvalue weighted by atomic mass is 32.2. The Morgan fingerprint density at radius 1 is 1.07 bits per heavy atom. The Bertz CT molecular complexity index is 914. The van der Waals surface area contributed by atoms with Crippen molar-refractivity contribution >= 4 is 40.3 Å². The summed E-state index contributed by atoms with van der Waals surface area (Å²) < 4.78 is 13.8. The van der Waals surface area contributed by atoms with E-state index < -0.39 is 0 Å². The smallest absolute Gasteiger partial charge is 0.285 e. The maximum Gasteiger partial charge on any atom is 0.285 e. The third kappa shape index (κ3) is 4.10. The number of thiocarbonyl (C=S) groups is 1. The Balaban J connectivity index is 1.90. The highest BCUT2D eigenvalue weighted by molar-refractivity contribution is 8.27. The predicted molar refractivity (Wildman–Crippen MR) is 119 cm³/mol. The van der Waals surface area contributed by atoms with Gasteiger partial charge in [0.2, 0.25) is 0 Å². The van der Waals surface area contributed by atoms with Crippen molar-refractivity contribution in [3.8, 4) is 11.5 Å². The van der Waals surface area contributed by atoms with Crippen LogP contribution in [-0.2, 0) is 4.79 Å². The lowest BCUT2D eigenvalue weighted by atomic mass is 10.2. The van der Waals surface area contributed by atoms with Gasteiger partial charge in [-0.1, -0.05) is 24.8 Å². The second-order valence-electron chi connectivity index (χ2n) is 6.41. The molecular formula is C21H24N2O3S2. The molecule has 0 saturated carbocycles. The fraction of sp³-hybridized carbons (Fsp3) is 0.333. The van der Waals surface area contributed by atoms with Gasteiger partial charge in [-0.05, 0) is 75.3 Å². The summed E-state index contributed by atoms with van der Waals surface area (Å²) in [5.74, 6) is 1.27. The van der Waals surface area contributed by atoms with Crippen LogP contribution in [0.1, 0.15) is 37.2 Å². The van der Waals surface area contributed by atoms with Crippen LogP contribution in [0.5, 0.6) is 11.5 Å². The van der Waals surface area contributed by atoms with Crippen molar-refractivity contribution in [1.29, 1.82) is 0 Å². The minimum absolute atomic E-state index is 0.123. The molecule has 1 aliphatic heterocycles. The summed E-state index contributed by atoms with van der Waals surface area (Å²) in [6.07, 6.45) is 2.77. The molecule has 0 aliphatic carbocycles. The lowest BCUT2D eigenvalue weighted by Gasteiger charge is -2.20. The summed E-state index contributed by atoms with van der Waals surface area (Å²) in [5.41, 5.74) is 2.80. The fourth-order valence-electron chi connectivity index (χ4n) is 2.97. The molecule has 7 heteroatoms. The van der Waals surface area contributed by atoms with Gasteiger partial charge in [0.1, 0.15) is 0 Å². The maximum atomic E-state index is 13.0. The summed E-state index contributed by atoms with van der Waals surface area (Å²) in [6.45, 7) is 9.08. The monoisotopic (exact) mass is 416 g/mol. The zero-order valence-corrected chi connectivity index (χ0v) is 18.2. The van der Waals surface area contributed by atoms with E-state index in [1.807, 2.05) is 61.9 Å². The average molecular weight is 417 g/mol. The van der Waals surface area contributed by atoms with Crippen molar-refractivity contribution < 1.29 is 14.3 Å². The van der Waals surface area contributed by atoms with Crippen molar-refractivity contribution in [2.45, 2.75) is 34.1 Å². The van der Waals surface area contributed by atoms with Crippen LogP contribution in [0, 0.1) is 13.8 Å². The van der Waals surface area contributed by atoms with Crippen LogP contribution in [0.3, 0.4) is 0 Å². The van der Waals surface area contributed by atoms with E-state index in [9.17, 15) is 4.79 Å². The molecule has 1 saturated heterocycles. The van der Waals surface area contributed by atoms with Crippen molar-refractivity contribution in [3.63, 3.8) is 0 Å². The van der Waals surface area contributed by atoms with Crippen LogP contribution in [0.25, 0.3) is 6.08 Å². The third-order valence-corrected chi connectivity index (χ3v) is 5.52. The maximum absolute atomic E-state index is 13.0. The van der Waals surface area contributed by atoms with Crippen LogP contribution >= 0.6 is 24.0 Å². The van der Waals surface area contributed by atoms with E-state index in [4.69, 9.17) is 21.7 Å². The first-order valence-corrected chi connectivity index (χ1v) is 10.5. The Morgan fingerprint density at radius 3 is 2.43 bits per heavy atom. The van der Waals surface area contributed by atoms with Crippen LogP contribution in [0.4, 0.5) is 0 Å². The van der Waals surface area contributed by atoms with Gasteiger partial charge in [0.05, 0.1) is 18.1 Å². The molecule has 28 heavy (non-hydrogen) atoms. The number of hydrogen-bond acceptors (Lipinski definition) is 5. The molecule has 0 bridgehead atoms. The summed E-state index contributed by atoms with van der Waals surface area (Å²) >= 11 is 6.78. The minimum atomic E-state index is -0.123. The molecule has 0 radical (unpaired) electrons. The lowest BCUT2D eigenvalue weighted by molar-refractivity contribution is -0.114. The second kappa shape index (κ2) is 8.84. The van der Waals surface area contributed by atoms with Crippen molar-refractivity contribution in [3.05, 3.63) is 52.2 Å². The van der Waals surface area contributed by atoms with E-state index in [0.717, 1.165) is 23.4 Å². The van der Waals surface area contributed by atoms with Gasteiger partial charge in [0, 0.05) is 11.4 Å². The summed E-state index contributed by atoms with van der Waals surface area (Å²) in [4.78, 5) is 13.6. The predicted octanol–water partition coefficient (Wildman–Crippen LogP) is 4.83. The molecule has 0 unspecified atom stereocenters. The molecule has 2 heterocycles. The summed E-state index contributed by atoms with van der Waals surface area (Å²) in [6, 6.07) is 9.65. The zero-order valence-electron chi connectivity index (χ0n) is 16.5. The molecule has 3 rings (SSSR count). The number of aryl methyl sites for hydroxylation is 2. The topological polar surface area (TPSA) is 43.7 Å². The van der Waals surface area contributed by atoms with E-state index in [2.05, 4.69) is 6.92 Å². The van der Waals surface area contributed by atoms with E-state index in [-0.39, 0.29) is 5.91 Å². The number of hydrogen-bond donors (Lipinski definition) is 0. The summed E-state index contributed by atoms with van der Waals surface area (Å²) in [7, 11) is 0. The molecule has 1 fully saturated rings. The number of amides is 1. The highest BCUT2D eigenvalue weighted by Crippen LogP contribution is 2.35. The van der Waals surface area contributed by atoms with Gasteiger partial charge in [0.15, 0.2) is 15.8 Å². The molecule has 1 aliphatic rings. The largest absolute Gasteiger partial charge is 0.490 e. The molecule has 0 atom stereocenters. The van der Waals surface area contributed by atoms with Gasteiger partial charge in [-0.3, -0.25) is 9.47 Å². The zero-order chi connectivity index (χ0) is 20.3. The molecule has 0 N–H and O–H groups in total. The normalized spacial score (nSPS) is 15.6. The molecule has 148 valence electrons. The third-order valence-electron chi connectivity index (χ3n) is 4.23. The minimum Gasteiger partial charge on any atom is -0.490 e. The number of thioether (sulfide) groups is 1. The molecule has 1 aromatic carbocycles. The van der Waals surface area contributed by atoms with E-state index in [1.165, 1.54) is 11.8 Å². The van der Waals surface area contributed by atoms with Crippen LogP contribution in [0.2, 0.25) is 0 Å². The number of nitrogens with zero attached hydrogens (tertiary/aromatic N) is 2. The average Bonchev–Trinajstić information content (AvgIpc) is 3.13. The Morgan fingerprint density at radius 2 is 1.79 bits per heavy atom. The first-order chi connectivity index (χ1) is 13.5. The van der Waals surface area contributed by atoms with Gasteiger partial charge in [-0.15, -0.1) is 0 Å². The first-order valence-electron chi connectivity index (χ1n) is 9.29. The quantitative estimate of drug-likeness (QED) is 0.478. The standard InChI is InChI=1S/C21H24N2O3S2/c1-5-11-26-17-10-9-16(12-18(17)25-6-2)13-19-20(24)23(21(27)28-19)22-14(3)7-8-15(22)4/h7-10,12-13H,5-6,11H2,1-4H3/b19-13-. The van der Waals surface area contributed by atoms with Crippen molar-refractivity contribution in [2.24, 2.45) is 0 Å². The van der Waals surface area contributed by atoms with Crippen LogP contribution in [0.15, 0.2) is 35.2 Å².